The minimum absolute atomic E-state index is 0.720. The Bertz CT molecular complexity index is 453. The summed E-state index contributed by atoms with van der Waals surface area (Å²) < 4.78 is 6.35. The van der Waals surface area contributed by atoms with Gasteiger partial charge in [-0.05, 0) is 25.1 Å². The summed E-state index contributed by atoms with van der Waals surface area (Å²) in [5, 5.41) is 0. The van der Waals surface area contributed by atoms with Crippen molar-refractivity contribution in [3.8, 4) is 0 Å². The quantitative estimate of drug-likeness (QED) is 0.866. The van der Waals surface area contributed by atoms with Crippen LogP contribution in [0.15, 0.2) is 22.7 Å². The molecule has 1 aromatic carbocycles. The van der Waals surface area contributed by atoms with Crippen LogP contribution in [0.2, 0.25) is 0 Å². The monoisotopic (exact) mass is 268 g/mol. The first-order valence-electron chi connectivity index (χ1n) is 5.01. The summed E-state index contributed by atoms with van der Waals surface area (Å²) in [5.74, 6) is 0.983. The highest BCUT2D eigenvalue weighted by Crippen LogP contribution is 2.17. The fourth-order valence-corrected chi connectivity index (χ4v) is 1.83. The number of imidazole rings is 1. The average Bonchev–Trinajstić information content (AvgIpc) is 2.60. The van der Waals surface area contributed by atoms with Crippen LogP contribution >= 0.6 is 15.9 Å². The van der Waals surface area contributed by atoms with E-state index in [0.717, 1.165) is 41.0 Å². The van der Waals surface area contributed by atoms with Crippen molar-refractivity contribution in [2.45, 2.75) is 13.3 Å². The van der Waals surface area contributed by atoms with Gasteiger partial charge in [-0.15, -0.1) is 0 Å². The molecule has 0 saturated carbocycles. The van der Waals surface area contributed by atoms with Gasteiger partial charge in [0.25, 0.3) is 0 Å². The maximum Gasteiger partial charge on any atom is 0.109 e. The largest absolute Gasteiger partial charge is 0.381 e. The lowest BCUT2D eigenvalue weighted by atomic mass is 10.3. The van der Waals surface area contributed by atoms with Crippen LogP contribution in [-0.4, -0.2) is 23.2 Å². The number of H-pyrrole nitrogens is 1. The zero-order chi connectivity index (χ0) is 10.7. The maximum absolute atomic E-state index is 5.29. The maximum atomic E-state index is 5.29. The molecule has 1 heterocycles. The first-order chi connectivity index (χ1) is 7.29. The number of nitrogens with one attached hydrogen (secondary N) is 1. The predicted molar refractivity (Wildman–Crippen MR) is 64.0 cm³/mol. The molecule has 15 heavy (non-hydrogen) atoms. The summed E-state index contributed by atoms with van der Waals surface area (Å²) in [6.07, 6.45) is 0.833. The van der Waals surface area contributed by atoms with Crippen LogP contribution < -0.4 is 0 Å². The van der Waals surface area contributed by atoms with Crippen molar-refractivity contribution in [1.82, 2.24) is 9.97 Å². The summed E-state index contributed by atoms with van der Waals surface area (Å²) >= 11 is 3.43. The number of rotatable bonds is 4. The topological polar surface area (TPSA) is 37.9 Å². The Morgan fingerprint density at radius 1 is 1.47 bits per heavy atom. The summed E-state index contributed by atoms with van der Waals surface area (Å²) in [4.78, 5) is 7.74. The van der Waals surface area contributed by atoms with Gasteiger partial charge in [-0.25, -0.2) is 4.98 Å². The molecule has 0 fully saturated rings. The normalized spacial score (nSPS) is 11.1. The molecular formula is C11H13BrN2O. The van der Waals surface area contributed by atoms with E-state index in [9.17, 15) is 0 Å². The van der Waals surface area contributed by atoms with Gasteiger partial charge in [-0.3, -0.25) is 0 Å². The molecule has 80 valence electrons. The van der Waals surface area contributed by atoms with E-state index in [2.05, 4.69) is 25.9 Å². The zero-order valence-corrected chi connectivity index (χ0v) is 10.2. The van der Waals surface area contributed by atoms with Crippen LogP contribution in [0.1, 0.15) is 12.7 Å². The summed E-state index contributed by atoms with van der Waals surface area (Å²) in [6.45, 7) is 3.47. The first-order valence-corrected chi connectivity index (χ1v) is 5.81. The lowest BCUT2D eigenvalue weighted by Crippen LogP contribution is -1.99. The third kappa shape index (κ3) is 2.58. The molecule has 0 amide bonds. The molecule has 0 radical (unpaired) electrons. The number of hydrogen-bond acceptors (Lipinski definition) is 2. The van der Waals surface area contributed by atoms with Crippen LogP contribution in [-0.2, 0) is 11.2 Å². The molecule has 4 heteroatoms. The highest BCUT2D eigenvalue weighted by Gasteiger charge is 2.02. The molecule has 3 nitrogen and oxygen atoms in total. The SMILES string of the molecule is CCOCCc1nc2ccc(Br)cc2[nH]1. The number of fused-ring (bicyclic) bond motifs is 1. The predicted octanol–water partition coefficient (Wildman–Crippen LogP) is 2.90. The van der Waals surface area contributed by atoms with E-state index in [4.69, 9.17) is 4.74 Å². The molecule has 2 rings (SSSR count). The van der Waals surface area contributed by atoms with Crippen molar-refractivity contribution in [2.75, 3.05) is 13.2 Å². The fraction of sp³-hybridized carbons (Fsp3) is 0.364. The highest BCUT2D eigenvalue weighted by molar-refractivity contribution is 9.10. The third-order valence-electron chi connectivity index (χ3n) is 2.18. The van der Waals surface area contributed by atoms with E-state index in [1.54, 1.807) is 0 Å². The Kier molecular flexibility index (Phi) is 3.38. The second kappa shape index (κ2) is 4.77. The number of aromatic nitrogens is 2. The van der Waals surface area contributed by atoms with Crippen molar-refractivity contribution < 1.29 is 4.74 Å². The van der Waals surface area contributed by atoms with E-state index in [1.807, 2.05) is 25.1 Å². The standard InChI is InChI=1S/C11H13BrN2O/c1-2-15-6-5-11-13-9-4-3-8(12)7-10(9)14-11/h3-4,7H,2,5-6H2,1H3,(H,13,14). The number of ether oxygens (including phenoxy) is 1. The number of halogens is 1. The van der Waals surface area contributed by atoms with Gasteiger partial charge in [-0.2, -0.15) is 0 Å². The second-order valence-electron chi connectivity index (χ2n) is 3.29. The Labute approximate surface area is 97.0 Å². The van der Waals surface area contributed by atoms with Crippen LogP contribution in [0.5, 0.6) is 0 Å². The average molecular weight is 269 g/mol. The minimum Gasteiger partial charge on any atom is -0.381 e. The lowest BCUT2D eigenvalue weighted by molar-refractivity contribution is 0.149. The van der Waals surface area contributed by atoms with E-state index >= 15 is 0 Å². The van der Waals surface area contributed by atoms with Gasteiger partial charge in [0.1, 0.15) is 5.82 Å². The van der Waals surface area contributed by atoms with Crippen molar-refractivity contribution in [1.29, 1.82) is 0 Å². The molecule has 0 aliphatic rings. The van der Waals surface area contributed by atoms with Crippen LogP contribution in [0.25, 0.3) is 11.0 Å². The third-order valence-corrected chi connectivity index (χ3v) is 2.67. The molecule has 0 saturated heterocycles. The van der Waals surface area contributed by atoms with Crippen molar-refractivity contribution in [3.05, 3.63) is 28.5 Å². The van der Waals surface area contributed by atoms with Crippen LogP contribution in [0.4, 0.5) is 0 Å². The molecule has 1 N–H and O–H groups in total. The number of aromatic amines is 1. The molecule has 0 atom stereocenters. The fourth-order valence-electron chi connectivity index (χ4n) is 1.47. The smallest absolute Gasteiger partial charge is 0.109 e. The molecule has 0 aliphatic heterocycles. The van der Waals surface area contributed by atoms with E-state index in [-0.39, 0.29) is 0 Å². The molecule has 1 aromatic heterocycles. The van der Waals surface area contributed by atoms with Crippen LogP contribution in [0.3, 0.4) is 0 Å². The molecule has 2 aromatic rings. The van der Waals surface area contributed by atoms with E-state index < -0.39 is 0 Å². The van der Waals surface area contributed by atoms with E-state index in [1.165, 1.54) is 0 Å². The highest BCUT2D eigenvalue weighted by atomic mass is 79.9. The van der Waals surface area contributed by atoms with Gasteiger partial charge < -0.3 is 9.72 Å². The van der Waals surface area contributed by atoms with Gasteiger partial charge in [0, 0.05) is 17.5 Å². The van der Waals surface area contributed by atoms with Gasteiger partial charge in [0.2, 0.25) is 0 Å². The Morgan fingerprint density at radius 3 is 3.13 bits per heavy atom. The van der Waals surface area contributed by atoms with Gasteiger partial charge in [0.15, 0.2) is 0 Å². The van der Waals surface area contributed by atoms with Gasteiger partial charge in [-0.1, -0.05) is 15.9 Å². The van der Waals surface area contributed by atoms with Crippen LogP contribution in [0, 0.1) is 0 Å². The molecular weight excluding hydrogens is 256 g/mol. The zero-order valence-electron chi connectivity index (χ0n) is 8.59. The van der Waals surface area contributed by atoms with Gasteiger partial charge >= 0.3 is 0 Å². The van der Waals surface area contributed by atoms with Gasteiger partial charge in [0.05, 0.1) is 17.6 Å². The molecule has 0 spiro atoms. The number of hydrogen-bond donors (Lipinski definition) is 1. The van der Waals surface area contributed by atoms with Crippen molar-refractivity contribution in [3.63, 3.8) is 0 Å². The lowest BCUT2D eigenvalue weighted by Gasteiger charge is -1.96. The Balaban J connectivity index is 2.16. The van der Waals surface area contributed by atoms with E-state index in [0.29, 0.717) is 0 Å². The summed E-state index contributed by atoms with van der Waals surface area (Å²) in [6, 6.07) is 6.03. The summed E-state index contributed by atoms with van der Waals surface area (Å²) in [7, 11) is 0. The minimum atomic E-state index is 0.720. The number of benzene rings is 1. The molecule has 0 bridgehead atoms. The Hall–Kier alpha value is -0.870. The first kappa shape index (κ1) is 10.6. The van der Waals surface area contributed by atoms with Crippen molar-refractivity contribution >= 4 is 27.0 Å². The Morgan fingerprint density at radius 2 is 2.33 bits per heavy atom. The number of nitrogens with zero attached hydrogens (tertiary/aromatic N) is 1. The molecule has 0 unspecified atom stereocenters. The second-order valence-corrected chi connectivity index (χ2v) is 4.21. The van der Waals surface area contributed by atoms with Crippen molar-refractivity contribution in [2.24, 2.45) is 0 Å². The molecule has 0 aliphatic carbocycles. The summed E-state index contributed by atoms with van der Waals surface area (Å²) in [5.41, 5.74) is 2.07.